The van der Waals surface area contributed by atoms with Crippen molar-refractivity contribution in [2.24, 2.45) is 0 Å². The maximum Gasteiger partial charge on any atom is 0.331 e. The third-order valence-corrected chi connectivity index (χ3v) is 3.23. The number of urea groups is 1. The summed E-state index contributed by atoms with van der Waals surface area (Å²) in [4.78, 5) is 30.7. The number of carbonyl (C=O) groups excluding carboxylic acids is 2. The van der Waals surface area contributed by atoms with Crippen molar-refractivity contribution in [3.8, 4) is 0 Å². The predicted octanol–water partition coefficient (Wildman–Crippen LogP) is 2.02. The van der Waals surface area contributed by atoms with Gasteiger partial charge in [-0.3, -0.25) is 9.78 Å². The first-order chi connectivity index (χ1) is 8.06. The number of nitrogens with zero attached hydrogens (tertiary/aromatic N) is 3. The zero-order chi connectivity index (χ0) is 12.6. The van der Waals surface area contributed by atoms with E-state index in [1.54, 1.807) is 19.3 Å². The Morgan fingerprint density at radius 3 is 2.65 bits per heavy atom. The monoisotopic (exact) mass is 297 g/mol. The Balaban J connectivity index is 2.40. The molecule has 5 nitrogen and oxygen atoms in total. The van der Waals surface area contributed by atoms with E-state index in [4.69, 9.17) is 0 Å². The molecule has 1 aromatic heterocycles. The second-order valence-electron chi connectivity index (χ2n) is 3.85. The van der Waals surface area contributed by atoms with Crippen molar-refractivity contribution < 1.29 is 9.59 Å². The summed E-state index contributed by atoms with van der Waals surface area (Å²) in [5.41, 5.74) is 0.497. The fraction of sp³-hybridized carbons (Fsp3) is 0.364. The maximum absolute atomic E-state index is 12.1. The number of imide groups is 1. The number of aromatic nitrogens is 1. The van der Waals surface area contributed by atoms with Crippen molar-refractivity contribution in [1.29, 1.82) is 0 Å². The summed E-state index contributed by atoms with van der Waals surface area (Å²) in [5.74, 6) is -0.195. The van der Waals surface area contributed by atoms with Crippen LogP contribution in [0.1, 0.15) is 13.3 Å². The molecule has 6 heteroatoms. The average Bonchev–Trinajstić information content (AvgIpc) is 2.50. The molecule has 1 aliphatic heterocycles. The van der Waals surface area contributed by atoms with E-state index in [0.29, 0.717) is 12.1 Å². The molecule has 90 valence electrons. The average molecular weight is 298 g/mol. The first-order valence-electron chi connectivity index (χ1n) is 5.27. The highest BCUT2D eigenvalue weighted by atomic mass is 79.9. The topological polar surface area (TPSA) is 53.5 Å². The van der Waals surface area contributed by atoms with Crippen LogP contribution < -0.4 is 4.90 Å². The largest absolute Gasteiger partial charge is 0.331 e. The predicted molar refractivity (Wildman–Crippen MR) is 66.7 cm³/mol. The summed E-state index contributed by atoms with van der Waals surface area (Å²) in [7, 11) is 1.64. The van der Waals surface area contributed by atoms with E-state index in [9.17, 15) is 9.59 Å². The molecular weight excluding hydrogens is 286 g/mol. The van der Waals surface area contributed by atoms with Crippen molar-refractivity contribution >= 4 is 33.6 Å². The Hall–Kier alpha value is -1.43. The van der Waals surface area contributed by atoms with Gasteiger partial charge in [0.15, 0.2) is 0 Å². The summed E-state index contributed by atoms with van der Waals surface area (Å²) >= 11 is 3.27. The van der Waals surface area contributed by atoms with Gasteiger partial charge in [-0.05, 0) is 28.4 Å². The second kappa shape index (κ2) is 4.44. The number of pyridine rings is 1. The highest BCUT2D eigenvalue weighted by Crippen LogP contribution is 2.26. The molecule has 0 aromatic carbocycles. The summed E-state index contributed by atoms with van der Waals surface area (Å²) < 4.78 is 0.734. The molecule has 0 bridgehead atoms. The summed E-state index contributed by atoms with van der Waals surface area (Å²) in [6.45, 7) is 1.88. The summed E-state index contributed by atoms with van der Waals surface area (Å²) in [6.07, 6.45) is 3.72. The van der Waals surface area contributed by atoms with Gasteiger partial charge >= 0.3 is 6.03 Å². The van der Waals surface area contributed by atoms with E-state index < -0.39 is 0 Å². The number of anilines is 1. The Labute approximate surface area is 108 Å². The van der Waals surface area contributed by atoms with Gasteiger partial charge in [-0.15, -0.1) is 0 Å². The normalized spacial score (nSPS) is 20.3. The number of amides is 3. The van der Waals surface area contributed by atoms with Gasteiger partial charge in [-0.25, -0.2) is 9.69 Å². The number of hydrogen-bond acceptors (Lipinski definition) is 3. The number of rotatable bonds is 2. The first kappa shape index (κ1) is 12.0. The lowest BCUT2D eigenvalue weighted by Crippen LogP contribution is -2.31. The van der Waals surface area contributed by atoms with E-state index in [0.717, 1.165) is 4.47 Å². The number of likely N-dealkylation sites (N-methyl/N-ethyl adjacent to an activating group) is 1. The van der Waals surface area contributed by atoms with Gasteiger partial charge in [0.05, 0.1) is 11.9 Å². The lowest BCUT2D eigenvalue weighted by Gasteiger charge is -2.13. The van der Waals surface area contributed by atoms with Crippen molar-refractivity contribution in [3.05, 3.63) is 22.9 Å². The fourth-order valence-electron chi connectivity index (χ4n) is 1.91. The summed E-state index contributed by atoms with van der Waals surface area (Å²) in [6, 6.07) is 1.03. The van der Waals surface area contributed by atoms with Gasteiger partial charge < -0.3 is 4.90 Å². The van der Waals surface area contributed by atoms with E-state index in [-0.39, 0.29) is 18.0 Å². The zero-order valence-electron chi connectivity index (χ0n) is 9.55. The minimum atomic E-state index is -0.374. The molecule has 0 spiro atoms. The smallest absolute Gasteiger partial charge is 0.315 e. The minimum absolute atomic E-state index is 0.195. The molecule has 1 aromatic rings. The van der Waals surface area contributed by atoms with Gasteiger partial charge in [0.1, 0.15) is 6.04 Å². The van der Waals surface area contributed by atoms with Crippen LogP contribution in [0.3, 0.4) is 0 Å². The molecule has 17 heavy (non-hydrogen) atoms. The lowest BCUT2D eigenvalue weighted by atomic mass is 10.2. The standard InChI is InChI=1S/C11H12BrN3O2/c1-3-9-10(16)15(11(17)14(9)2)8-4-7(12)5-13-6-8/h4-6,9H,3H2,1-2H3. The van der Waals surface area contributed by atoms with Gasteiger partial charge in [0, 0.05) is 17.7 Å². The Morgan fingerprint density at radius 2 is 2.12 bits per heavy atom. The molecule has 3 amide bonds. The van der Waals surface area contributed by atoms with Crippen LogP contribution in [0.25, 0.3) is 0 Å². The van der Waals surface area contributed by atoms with Gasteiger partial charge in [-0.2, -0.15) is 0 Å². The van der Waals surface area contributed by atoms with Crippen LogP contribution in [0.5, 0.6) is 0 Å². The molecular formula is C11H12BrN3O2. The molecule has 0 saturated carbocycles. The van der Waals surface area contributed by atoms with Gasteiger partial charge in [0.2, 0.25) is 0 Å². The molecule has 1 saturated heterocycles. The Bertz CT molecular complexity index is 478. The summed E-state index contributed by atoms with van der Waals surface area (Å²) in [5, 5.41) is 0. The van der Waals surface area contributed by atoms with Crippen molar-refractivity contribution in [2.75, 3.05) is 11.9 Å². The fourth-order valence-corrected chi connectivity index (χ4v) is 2.26. The molecule has 1 atom stereocenters. The Kier molecular flexibility index (Phi) is 3.15. The van der Waals surface area contributed by atoms with Crippen molar-refractivity contribution in [1.82, 2.24) is 9.88 Å². The van der Waals surface area contributed by atoms with Gasteiger partial charge in [0.25, 0.3) is 5.91 Å². The highest BCUT2D eigenvalue weighted by molar-refractivity contribution is 9.10. The van der Waals surface area contributed by atoms with Crippen LogP contribution in [0, 0.1) is 0 Å². The van der Waals surface area contributed by atoms with Crippen LogP contribution in [0.15, 0.2) is 22.9 Å². The van der Waals surface area contributed by atoms with E-state index in [1.165, 1.54) is 16.0 Å². The third kappa shape index (κ3) is 1.93. The number of halogens is 1. The molecule has 0 N–H and O–H groups in total. The van der Waals surface area contributed by atoms with E-state index >= 15 is 0 Å². The van der Waals surface area contributed by atoms with Crippen LogP contribution in [-0.2, 0) is 4.79 Å². The van der Waals surface area contributed by atoms with E-state index in [1.807, 2.05) is 6.92 Å². The second-order valence-corrected chi connectivity index (χ2v) is 4.77. The van der Waals surface area contributed by atoms with Crippen molar-refractivity contribution in [2.45, 2.75) is 19.4 Å². The van der Waals surface area contributed by atoms with Crippen LogP contribution in [0.2, 0.25) is 0 Å². The first-order valence-corrected chi connectivity index (χ1v) is 6.07. The van der Waals surface area contributed by atoms with Crippen LogP contribution in [0.4, 0.5) is 10.5 Å². The maximum atomic E-state index is 12.1. The number of hydrogen-bond donors (Lipinski definition) is 0. The Morgan fingerprint density at radius 1 is 1.41 bits per heavy atom. The quantitative estimate of drug-likeness (QED) is 0.785. The molecule has 0 radical (unpaired) electrons. The molecule has 1 fully saturated rings. The molecule has 0 aliphatic carbocycles. The highest BCUT2D eigenvalue weighted by Gasteiger charge is 2.42. The molecule has 1 aliphatic rings. The van der Waals surface area contributed by atoms with Crippen LogP contribution >= 0.6 is 15.9 Å². The number of carbonyl (C=O) groups is 2. The van der Waals surface area contributed by atoms with Crippen molar-refractivity contribution in [3.63, 3.8) is 0 Å². The minimum Gasteiger partial charge on any atom is -0.315 e. The SMILES string of the molecule is CCC1C(=O)N(c2cncc(Br)c2)C(=O)N1C. The zero-order valence-corrected chi connectivity index (χ0v) is 11.1. The third-order valence-electron chi connectivity index (χ3n) is 2.80. The molecule has 2 rings (SSSR count). The van der Waals surface area contributed by atoms with Crippen LogP contribution in [-0.4, -0.2) is 34.9 Å². The molecule has 2 heterocycles. The van der Waals surface area contributed by atoms with E-state index in [2.05, 4.69) is 20.9 Å². The molecule has 1 unspecified atom stereocenters. The van der Waals surface area contributed by atoms with Gasteiger partial charge in [-0.1, -0.05) is 6.92 Å². The lowest BCUT2D eigenvalue weighted by molar-refractivity contribution is -0.119.